The summed E-state index contributed by atoms with van der Waals surface area (Å²) < 4.78 is 89.4. The Morgan fingerprint density at radius 3 is 2.30 bits per heavy atom. The molecule has 0 saturated heterocycles. The van der Waals surface area contributed by atoms with Crippen LogP contribution in [-0.2, 0) is 24.1 Å². The molecule has 3 aromatic rings. The van der Waals surface area contributed by atoms with Crippen LogP contribution in [0.3, 0.4) is 0 Å². The van der Waals surface area contributed by atoms with Crippen LogP contribution in [0.1, 0.15) is 48.8 Å². The first-order chi connectivity index (χ1) is 21.9. The van der Waals surface area contributed by atoms with Crippen molar-refractivity contribution < 1.29 is 40.6 Å². The van der Waals surface area contributed by atoms with Crippen molar-refractivity contribution in [1.82, 2.24) is 15.3 Å². The highest BCUT2D eigenvalue weighted by Gasteiger charge is 2.55. The van der Waals surface area contributed by atoms with E-state index in [9.17, 15) is 31.1 Å². The minimum atomic E-state index is -4.96. The summed E-state index contributed by atoms with van der Waals surface area (Å²) in [5.41, 5.74) is -0.371. The molecule has 1 unspecified atom stereocenters. The fraction of sp³-hybridized carbons (Fsp3) is 0.469. The van der Waals surface area contributed by atoms with Gasteiger partial charge < -0.3 is 25.4 Å². The highest BCUT2D eigenvalue weighted by Crippen LogP contribution is 2.60. The van der Waals surface area contributed by atoms with E-state index < -0.39 is 42.3 Å². The Morgan fingerprint density at radius 1 is 0.913 bits per heavy atom. The van der Waals surface area contributed by atoms with Gasteiger partial charge >= 0.3 is 18.6 Å². The number of hydrogen-bond donors (Lipinski definition) is 3. The van der Waals surface area contributed by atoms with Gasteiger partial charge in [-0.1, -0.05) is 48.5 Å². The number of alkyl halides is 6. The molecule has 2 aromatic carbocycles. The van der Waals surface area contributed by atoms with Crippen molar-refractivity contribution in [2.45, 2.75) is 63.8 Å². The molecule has 0 aliphatic heterocycles. The Morgan fingerprint density at radius 2 is 1.61 bits per heavy atom. The van der Waals surface area contributed by atoms with E-state index in [1.54, 1.807) is 0 Å². The third kappa shape index (κ3) is 7.42. The Labute approximate surface area is 261 Å². The average Bonchev–Trinajstić information content (AvgIpc) is 2.99. The molecule has 8 nitrogen and oxygen atoms in total. The maximum absolute atomic E-state index is 13.8. The number of benzene rings is 2. The van der Waals surface area contributed by atoms with Crippen molar-refractivity contribution in [3.8, 4) is 5.75 Å². The summed E-state index contributed by atoms with van der Waals surface area (Å²) in [6.07, 6.45) is -4.93. The van der Waals surface area contributed by atoms with E-state index in [2.05, 4.69) is 30.7 Å². The molecule has 4 aliphatic carbocycles. The Kier molecular flexibility index (Phi) is 8.64. The van der Waals surface area contributed by atoms with Gasteiger partial charge in [-0.15, -0.1) is 13.2 Å². The van der Waals surface area contributed by atoms with Crippen LogP contribution in [0.25, 0.3) is 0 Å². The number of halogens is 6. The lowest BCUT2D eigenvalue weighted by molar-refractivity contribution is -0.274. The van der Waals surface area contributed by atoms with Crippen molar-refractivity contribution in [2.24, 2.45) is 23.2 Å². The summed E-state index contributed by atoms with van der Waals surface area (Å²) in [6, 6.07) is 14.6. The van der Waals surface area contributed by atoms with Gasteiger partial charge in [-0.3, -0.25) is 0 Å². The summed E-state index contributed by atoms with van der Waals surface area (Å²) in [5.74, 6) is -0.116. The van der Waals surface area contributed by atoms with Crippen LogP contribution in [0.2, 0.25) is 0 Å². The predicted octanol–water partition coefficient (Wildman–Crippen LogP) is 7.54. The number of ether oxygens (including phenoxy) is 2. The van der Waals surface area contributed by atoms with Crippen LogP contribution in [0.4, 0.5) is 42.9 Å². The number of hydrogen-bond acceptors (Lipinski definition) is 7. The molecule has 4 saturated carbocycles. The number of para-hydroxylation sites is 1. The molecule has 4 aliphatic rings. The standard InChI is InChI=1S/C32H33F6N5O3/c33-31(34,35)24-16-40-28(43-27(24)39-15-21-8-4-5-9-25(21)46-32(36,37)38)41-18-30-12-20-10-22(13-30)26(23(11-20)14-30)42-29(44)45-17-19-6-2-1-3-7-19/h1-9,16,20,22-23,26H,10-15,17-18H2,(H,42,44)(H2,39,40,41,43)/t20?,22-,23+,26+,30-. The lowest BCUT2D eigenvalue weighted by Crippen LogP contribution is -2.60. The zero-order chi connectivity index (χ0) is 32.5. The normalized spacial score (nSPS) is 25.2. The van der Waals surface area contributed by atoms with Crippen LogP contribution >= 0.6 is 0 Å². The fourth-order valence-electron chi connectivity index (χ4n) is 7.67. The van der Waals surface area contributed by atoms with Crippen molar-refractivity contribution in [2.75, 3.05) is 17.2 Å². The largest absolute Gasteiger partial charge is 0.573 e. The van der Waals surface area contributed by atoms with Gasteiger partial charge in [0.2, 0.25) is 5.95 Å². The first kappa shape index (κ1) is 31.7. The number of alkyl carbamates (subject to hydrolysis) is 1. The van der Waals surface area contributed by atoms with E-state index >= 15 is 0 Å². The topological polar surface area (TPSA) is 97.4 Å². The number of carbonyl (C=O) groups excluding carboxylic acids is 1. The molecular formula is C32H33F6N5O3. The number of rotatable bonds is 10. The molecule has 46 heavy (non-hydrogen) atoms. The second-order valence-corrected chi connectivity index (χ2v) is 12.5. The number of nitrogens with zero attached hydrogens (tertiary/aromatic N) is 2. The van der Waals surface area contributed by atoms with Gasteiger partial charge in [-0.2, -0.15) is 18.2 Å². The molecule has 246 valence electrons. The van der Waals surface area contributed by atoms with E-state index in [4.69, 9.17) is 4.74 Å². The minimum Gasteiger partial charge on any atom is -0.445 e. The van der Waals surface area contributed by atoms with Crippen LogP contribution in [0, 0.1) is 23.2 Å². The third-order valence-corrected chi connectivity index (χ3v) is 9.26. The van der Waals surface area contributed by atoms with Crippen molar-refractivity contribution in [3.05, 3.63) is 77.5 Å². The summed E-state index contributed by atoms with van der Waals surface area (Å²) >= 11 is 0. The second kappa shape index (κ2) is 12.5. The van der Waals surface area contributed by atoms with Crippen molar-refractivity contribution >= 4 is 17.9 Å². The number of anilines is 2. The van der Waals surface area contributed by atoms with Gasteiger partial charge in [0.05, 0.1) is 0 Å². The Hall–Kier alpha value is -4.23. The maximum Gasteiger partial charge on any atom is 0.573 e. The second-order valence-electron chi connectivity index (χ2n) is 12.5. The van der Waals surface area contributed by atoms with Gasteiger partial charge in [-0.05, 0) is 66.9 Å². The number of aromatic nitrogens is 2. The molecule has 1 aromatic heterocycles. The van der Waals surface area contributed by atoms with Gasteiger partial charge in [0.15, 0.2) is 0 Å². The molecule has 4 bridgehead atoms. The lowest BCUT2D eigenvalue weighted by Gasteiger charge is -2.60. The smallest absolute Gasteiger partial charge is 0.445 e. The number of carbonyl (C=O) groups is 1. The molecule has 0 spiro atoms. The molecular weight excluding hydrogens is 616 g/mol. The summed E-state index contributed by atoms with van der Waals surface area (Å²) in [4.78, 5) is 20.6. The van der Waals surface area contributed by atoms with E-state index in [0.717, 1.165) is 43.7 Å². The molecule has 0 radical (unpaired) electrons. The molecule has 7 rings (SSSR count). The monoisotopic (exact) mass is 649 g/mol. The highest BCUT2D eigenvalue weighted by atomic mass is 19.4. The first-order valence-corrected chi connectivity index (χ1v) is 15.1. The molecule has 5 atom stereocenters. The van der Waals surface area contributed by atoms with Crippen molar-refractivity contribution in [3.63, 3.8) is 0 Å². The molecule has 1 heterocycles. The van der Waals surface area contributed by atoms with Crippen molar-refractivity contribution in [1.29, 1.82) is 0 Å². The third-order valence-electron chi connectivity index (χ3n) is 9.26. The van der Waals surface area contributed by atoms with Gasteiger partial charge in [0.1, 0.15) is 23.7 Å². The fourth-order valence-corrected chi connectivity index (χ4v) is 7.67. The van der Waals surface area contributed by atoms with E-state index in [1.165, 1.54) is 18.2 Å². The Bertz CT molecular complexity index is 1520. The van der Waals surface area contributed by atoms with E-state index in [1.807, 2.05) is 30.3 Å². The maximum atomic E-state index is 13.8. The SMILES string of the molecule is O=C(N[C@H]1[C@@H]2CC3C[C@H]1C[C@@](CNc1ncc(C(F)(F)F)c(NCc4ccccc4OC(F)(F)F)n1)(C3)C2)OCc1ccccc1. The first-order valence-electron chi connectivity index (χ1n) is 15.1. The van der Waals surface area contributed by atoms with Gasteiger partial charge in [0.25, 0.3) is 0 Å². The lowest BCUT2D eigenvalue weighted by atomic mass is 9.48. The van der Waals surface area contributed by atoms with Gasteiger partial charge in [-0.25, -0.2) is 9.78 Å². The summed E-state index contributed by atoms with van der Waals surface area (Å²) in [6.45, 7) is 0.223. The van der Waals surface area contributed by atoms with Gasteiger partial charge in [0, 0.05) is 30.9 Å². The molecule has 1 amide bonds. The highest BCUT2D eigenvalue weighted by molar-refractivity contribution is 5.67. The molecule has 14 heteroatoms. The van der Waals surface area contributed by atoms with Crippen LogP contribution in [-0.4, -0.2) is 35.0 Å². The summed E-state index contributed by atoms with van der Waals surface area (Å²) in [5, 5.41) is 8.77. The minimum absolute atomic E-state index is 0.00162. The quantitative estimate of drug-likeness (QED) is 0.195. The zero-order valence-electron chi connectivity index (χ0n) is 24.6. The number of nitrogens with one attached hydrogen (secondary N) is 3. The van der Waals surface area contributed by atoms with Crippen LogP contribution in [0.5, 0.6) is 5.75 Å². The van der Waals surface area contributed by atoms with E-state index in [-0.39, 0.29) is 41.4 Å². The van der Waals surface area contributed by atoms with Crippen LogP contribution in [0.15, 0.2) is 60.8 Å². The number of amides is 1. The van der Waals surface area contributed by atoms with E-state index in [0.29, 0.717) is 18.7 Å². The molecule has 4 fully saturated rings. The summed E-state index contributed by atoms with van der Waals surface area (Å²) in [7, 11) is 0. The molecule has 3 N–H and O–H groups in total. The average molecular weight is 650 g/mol. The van der Waals surface area contributed by atoms with Crippen LogP contribution < -0.4 is 20.7 Å². The zero-order valence-corrected chi connectivity index (χ0v) is 24.6. The Balaban J connectivity index is 1.10. The predicted molar refractivity (Wildman–Crippen MR) is 156 cm³/mol.